The first-order valence-electron chi connectivity index (χ1n) is 7.47. The third-order valence-electron chi connectivity index (χ3n) is 3.24. The molecular formula is C16H24F3NO. The Bertz CT molecular complexity index is 407. The van der Waals surface area contributed by atoms with Crippen LogP contribution in [0.25, 0.3) is 0 Å². The standard InChI is InChI=1S/C16H24F3NO/c1-3-10-20-15(9-6-11-21-4-2)13-7-5-8-14(12-13)16(17,18)19/h5,7-8,12,15,20H,3-4,6,9-11H2,1-2H3. The van der Waals surface area contributed by atoms with Gasteiger partial charge in [0.1, 0.15) is 0 Å². The average Bonchev–Trinajstić information content (AvgIpc) is 2.46. The van der Waals surface area contributed by atoms with Gasteiger partial charge in [-0.2, -0.15) is 13.2 Å². The van der Waals surface area contributed by atoms with Gasteiger partial charge in [0.15, 0.2) is 0 Å². The van der Waals surface area contributed by atoms with Gasteiger partial charge in [-0.1, -0.05) is 19.1 Å². The smallest absolute Gasteiger partial charge is 0.382 e. The van der Waals surface area contributed by atoms with Crippen molar-refractivity contribution in [2.75, 3.05) is 19.8 Å². The van der Waals surface area contributed by atoms with Crippen LogP contribution in [0, 0.1) is 0 Å². The van der Waals surface area contributed by atoms with Crippen LogP contribution in [0.2, 0.25) is 0 Å². The normalized spacial score (nSPS) is 13.4. The van der Waals surface area contributed by atoms with E-state index < -0.39 is 11.7 Å². The summed E-state index contributed by atoms with van der Waals surface area (Å²) in [5.41, 5.74) is 0.0999. The number of hydrogen-bond acceptors (Lipinski definition) is 2. The molecular weight excluding hydrogens is 279 g/mol. The molecule has 0 radical (unpaired) electrons. The van der Waals surface area contributed by atoms with E-state index in [1.807, 2.05) is 13.8 Å². The molecule has 0 spiro atoms. The summed E-state index contributed by atoms with van der Waals surface area (Å²) in [7, 11) is 0. The molecule has 0 aliphatic heterocycles. The van der Waals surface area contributed by atoms with Crippen molar-refractivity contribution in [3.63, 3.8) is 0 Å². The van der Waals surface area contributed by atoms with E-state index >= 15 is 0 Å². The van der Waals surface area contributed by atoms with Crippen LogP contribution in [0.15, 0.2) is 24.3 Å². The molecule has 0 fully saturated rings. The van der Waals surface area contributed by atoms with Gasteiger partial charge in [0.2, 0.25) is 0 Å². The summed E-state index contributed by atoms with van der Waals surface area (Å²) in [6, 6.07) is 5.52. The van der Waals surface area contributed by atoms with Crippen LogP contribution in [-0.4, -0.2) is 19.8 Å². The van der Waals surface area contributed by atoms with Crippen LogP contribution in [0.3, 0.4) is 0 Å². The second-order valence-electron chi connectivity index (χ2n) is 4.97. The first-order valence-corrected chi connectivity index (χ1v) is 7.47. The fourth-order valence-corrected chi connectivity index (χ4v) is 2.17. The fraction of sp³-hybridized carbons (Fsp3) is 0.625. The highest BCUT2D eigenvalue weighted by Gasteiger charge is 2.30. The van der Waals surface area contributed by atoms with Gasteiger partial charge < -0.3 is 10.1 Å². The maximum Gasteiger partial charge on any atom is 0.416 e. The SMILES string of the molecule is CCCNC(CCCOCC)c1cccc(C(F)(F)F)c1. The van der Waals surface area contributed by atoms with Gasteiger partial charge in [0, 0.05) is 19.3 Å². The van der Waals surface area contributed by atoms with E-state index in [1.165, 1.54) is 12.1 Å². The highest BCUT2D eigenvalue weighted by molar-refractivity contribution is 5.28. The third-order valence-corrected chi connectivity index (χ3v) is 3.24. The minimum absolute atomic E-state index is 0.0623. The highest BCUT2D eigenvalue weighted by atomic mass is 19.4. The van der Waals surface area contributed by atoms with Crippen LogP contribution in [-0.2, 0) is 10.9 Å². The van der Waals surface area contributed by atoms with Crippen molar-refractivity contribution >= 4 is 0 Å². The van der Waals surface area contributed by atoms with Crippen LogP contribution in [0.1, 0.15) is 50.3 Å². The zero-order chi connectivity index (χ0) is 15.7. The summed E-state index contributed by atoms with van der Waals surface area (Å²) < 4.78 is 43.7. The van der Waals surface area contributed by atoms with Gasteiger partial charge >= 0.3 is 6.18 Å². The molecule has 120 valence electrons. The lowest BCUT2D eigenvalue weighted by Crippen LogP contribution is -2.23. The Kier molecular flexibility index (Phi) is 7.75. The number of ether oxygens (including phenoxy) is 1. The summed E-state index contributed by atoms with van der Waals surface area (Å²) >= 11 is 0. The predicted molar refractivity (Wildman–Crippen MR) is 78.2 cm³/mol. The van der Waals surface area contributed by atoms with Gasteiger partial charge in [0.25, 0.3) is 0 Å². The number of hydrogen-bond donors (Lipinski definition) is 1. The second-order valence-corrected chi connectivity index (χ2v) is 4.97. The molecule has 0 saturated carbocycles. The molecule has 21 heavy (non-hydrogen) atoms. The Hall–Kier alpha value is -1.07. The molecule has 5 heteroatoms. The fourth-order valence-electron chi connectivity index (χ4n) is 2.17. The molecule has 0 saturated heterocycles. The summed E-state index contributed by atoms with van der Waals surface area (Å²) in [5.74, 6) is 0. The van der Waals surface area contributed by atoms with Crippen molar-refractivity contribution in [3.8, 4) is 0 Å². The van der Waals surface area contributed by atoms with Gasteiger partial charge in [-0.25, -0.2) is 0 Å². The molecule has 0 aliphatic rings. The van der Waals surface area contributed by atoms with E-state index in [2.05, 4.69) is 5.32 Å². The molecule has 1 aromatic rings. The van der Waals surface area contributed by atoms with Crippen LogP contribution in [0.4, 0.5) is 13.2 Å². The molecule has 0 amide bonds. The molecule has 1 aromatic carbocycles. The van der Waals surface area contributed by atoms with E-state index in [4.69, 9.17) is 4.74 Å². The molecule has 0 aromatic heterocycles. The zero-order valence-electron chi connectivity index (χ0n) is 12.7. The highest BCUT2D eigenvalue weighted by Crippen LogP contribution is 2.31. The van der Waals surface area contributed by atoms with E-state index in [0.717, 1.165) is 31.9 Å². The first-order chi connectivity index (χ1) is 9.99. The Morgan fingerprint density at radius 1 is 1.24 bits per heavy atom. The van der Waals surface area contributed by atoms with Crippen LogP contribution in [0.5, 0.6) is 0 Å². The van der Waals surface area contributed by atoms with Crippen molar-refractivity contribution in [2.24, 2.45) is 0 Å². The van der Waals surface area contributed by atoms with Crippen molar-refractivity contribution < 1.29 is 17.9 Å². The molecule has 0 bridgehead atoms. The summed E-state index contributed by atoms with van der Waals surface area (Å²) in [6.45, 7) is 6.06. The quantitative estimate of drug-likeness (QED) is 0.675. The Morgan fingerprint density at radius 2 is 2.00 bits per heavy atom. The van der Waals surface area contributed by atoms with Crippen molar-refractivity contribution in [1.29, 1.82) is 0 Å². The number of rotatable bonds is 9. The van der Waals surface area contributed by atoms with Gasteiger partial charge in [0.05, 0.1) is 5.56 Å². The van der Waals surface area contributed by atoms with Crippen molar-refractivity contribution in [1.82, 2.24) is 5.32 Å². The third kappa shape index (κ3) is 6.48. The Labute approximate surface area is 124 Å². The van der Waals surface area contributed by atoms with E-state index in [1.54, 1.807) is 6.07 Å². The largest absolute Gasteiger partial charge is 0.416 e. The van der Waals surface area contributed by atoms with Gasteiger partial charge in [-0.15, -0.1) is 0 Å². The number of alkyl halides is 3. The van der Waals surface area contributed by atoms with Gasteiger partial charge in [-0.3, -0.25) is 0 Å². The molecule has 1 N–H and O–H groups in total. The summed E-state index contributed by atoms with van der Waals surface area (Å²) in [6.07, 6.45) is -1.76. The molecule has 0 heterocycles. The first kappa shape index (κ1) is 18.0. The molecule has 1 atom stereocenters. The number of nitrogens with one attached hydrogen (secondary N) is 1. The Morgan fingerprint density at radius 3 is 2.62 bits per heavy atom. The van der Waals surface area contributed by atoms with E-state index in [-0.39, 0.29) is 6.04 Å². The average molecular weight is 303 g/mol. The van der Waals surface area contributed by atoms with Crippen LogP contribution >= 0.6 is 0 Å². The lowest BCUT2D eigenvalue weighted by Gasteiger charge is -2.20. The maximum atomic E-state index is 12.8. The van der Waals surface area contributed by atoms with Crippen LogP contribution < -0.4 is 5.32 Å². The molecule has 2 nitrogen and oxygen atoms in total. The zero-order valence-corrected chi connectivity index (χ0v) is 12.7. The number of benzene rings is 1. The summed E-state index contributed by atoms with van der Waals surface area (Å²) in [5, 5.41) is 3.32. The maximum absolute atomic E-state index is 12.8. The lowest BCUT2D eigenvalue weighted by atomic mass is 9.99. The van der Waals surface area contributed by atoms with E-state index in [0.29, 0.717) is 18.8 Å². The number of halogens is 3. The molecule has 1 unspecified atom stereocenters. The van der Waals surface area contributed by atoms with E-state index in [9.17, 15) is 13.2 Å². The predicted octanol–water partition coefficient (Wildman–Crippen LogP) is 4.56. The minimum Gasteiger partial charge on any atom is -0.382 e. The van der Waals surface area contributed by atoms with Gasteiger partial charge in [-0.05, 0) is 50.4 Å². The minimum atomic E-state index is -4.30. The molecule has 0 aliphatic carbocycles. The Balaban J connectivity index is 2.76. The lowest BCUT2D eigenvalue weighted by molar-refractivity contribution is -0.137. The molecule has 1 rings (SSSR count). The van der Waals surface area contributed by atoms with Crippen molar-refractivity contribution in [2.45, 2.75) is 45.3 Å². The second kappa shape index (κ2) is 9.05. The topological polar surface area (TPSA) is 21.3 Å². The monoisotopic (exact) mass is 303 g/mol. The summed E-state index contributed by atoms with van der Waals surface area (Å²) in [4.78, 5) is 0. The van der Waals surface area contributed by atoms with Crippen molar-refractivity contribution in [3.05, 3.63) is 35.4 Å².